The highest BCUT2D eigenvalue weighted by Gasteiger charge is 2.39. The van der Waals surface area contributed by atoms with Gasteiger partial charge in [0.1, 0.15) is 37.0 Å². The number of anilines is 2. The number of aromatic carboxylic acids is 1. The van der Waals surface area contributed by atoms with Crippen molar-refractivity contribution in [2.75, 3.05) is 49.8 Å². The van der Waals surface area contributed by atoms with Crippen LogP contribution in [0.1, 0.15) is 46.5 Å². The number of nitrogens with zero attached hydrogens (tertiary/aromatic N) is 2. The largest absolute Gasteiger partial charge is 0.508 e. The highest BCUT2D eigenvalue weighted by molar-refractivity contribution is 6.08. The molecule has 0 unspecified atom stereocenters. The van der Waals surface area contributed by atoms with E-state index in [1.54, 1.807) is 43.3 Å². The van der Waals surface area contributed by atoms with E-state index in [0.29, 0.717) is 33.5 Å². The van der Waals surface area contributed by atoms with Crippen LogP contribution < -0.4 is 19.3 Å². The Morgan fingerprint density at radius 1 is 0.768 bits per heavy atom. The number of hydrogen-bond donors (Lipinski definition) is 3. The number of benzene rings is 3. The van der Waals surface area contributed by atoms with E-state index >= 15 is 0 Å². The Morgan fingerprint density at radius 3 is 2.00 bits per heavy atom. The summed E-state index contributed by atoms with van der Waals surface area (Å²) in [5.41, 5.74) is 3.18. The molecule has 292 valence electrons. The average Bonchev–Trinajstić information content (AvgIpc) is 3.16. The summed E-state index contributed by atoms with van der Waals surface area (Å²) in [5, 5.41) is 30.6. The van der Waals surface area contributed by atoms with Crippen LogP contribution in [0.5, 0.6) is 17.2 Å². The number of aliphatic carboxylic acids is 1. The van der Waals surface area contributed by atoms with Gasteiger partial charge in [-0.25, -0.2) is 4.79 Å². The Hall–Kier alpha value is -7.10. The van der Waals surface area contributed by atoms with Gasteiger partial charge < -0.3 is 48.8 Å². The first-order chi connectivity index (χ1) is 26.8. The third kappa shape index (κ3) is 8.65. The molecule has 0 spiro atoms. The highest BCUT2D eigenvalue weighted by Crippen LogP contribution is 2.52. The molecule has 56 heavy (non-hydrogen) atoms. The zero-order valence-corrected chi connectivity index (χ0v) is 30.6. The number of hydrogen-bond acceptors (Lipinski definition) is 14. The second-order valence-electron chi connectivity index (χ2n) is 13.1. The number of phenolic OH excluding ortho intramolecular Hbond substituents is 1. The second kappa shape index (κ2) is 17.4. The molecule has 0 aliphatic heterocycles. The Bertz CT molecular complexity index is 2140. The number of carboxylic acid groups (broad SMARTS) is 2. The molecule has 3 aromatic carbocycles. The van der Waals surface area contributed by atoms with Crippen molar-refractivity contribution in [3.63, 3.8) is 0 Å². The van der Waals surface area contributed by atoms with Gasteiger partial charge in [0.15, 0.2) is 26.0 Å². The van der Waals surface area contributed by atoms with Gasteiger partial charge in [-0.15, -0.1) is 0 Å². The van der Waals surface area contributed by atoms with Crippen LogP contribution in [0.4, 0.5) is 11.4 Å². The first-order valence-corrected chi connectivity index (χ1v) is 17.0. The van der Waals surface area contributed by atoms with Gasteiger partial charge in [0.25, 0.3) is 19.4 Å². The van der Waals surface area contributed by atoms with E-state index < -0.39 is 37.4 Å². The molecule has 0 fully saturated rings. The monoisotopic (exact) mass is 770 g/mol. The number of fused-ring (bicyclic) bond motifs is 2. The van der Waals surface area contributed by atoms with Crippen molar-refractivity contribution < 1.29 is 67.8 Å². The van der Waals surface area contributed by atoms with E-state index in [4.69, 9.17) is 23.7 Å². The molecule has 5 rings (SSSR count). The summed E-state index contributed by atoms with van der Waals surface area (Å²) in [4.78, 5) is 73.4. The molecule has 0 saturated carbocycles. The molecule has 0 amide bonds. The predicted octanol–water partition coefficient (Wildman–Crippen LogP) is 4.10. The molecule has 16 heteroatoms. The molecule has 0 aromatic heterocycles. The molecular formula is C40H38N2O14. The van der Waals surface area contributed by atoms with Crippen molar-refractivity contribution in [2.45, 2.75) is 26.2 Å². The van der Waals surface area contributed by atoms with Crippen LogP contribution >= 0.6 is 0 Å². The fourth-order valence-corrected chi connectivity index (χ4v) is 6.62. The van der Waals surface area contributed by atoms with E-state index in [1.165, 1.54) is 40.2 Å². The Labute approximate surface area is 320 Å². The first kappa shape index (κ1) is 40.1. The average molecular weight is 771 g/mol. The van der Waals surface area contributed by atoms with Gasteiger partial charge in [0.2, 0.25) is 0 Å². The van der Waals surface area contributed by atoms with Crippen LogP contribution in [0.3, 0.4) is 0 Å². The summed E-state index contributed by atoms with van der Waals surface area (Å²) in [7, 11) is 0. The van der Waals surface area contributed by atoms with Gasteiger partial charge in [-0.1, -0.05) is 32.1 Å². The number of carbonyl (C=O) groups is 6. The van der Waals surface area contributed by atoms with Crippen LogP contribution in [0.25, 0.3) is 5.57 Å². The Balaban J connectivity index is 1.61. The number of ketones is 1. The van der Waals surface area contributed by atoms with Gasteiger partial charge in [-0.3, -0.25) is 24.0 Å². The molecule has 0 heterocycles. The quantitative estimate of drug-likeness (QED) is 0.0638. The van der Waals surface area contributed by atoms with Crippen LogP contribution in [-0.2, 0) is 43.6 Å². The normalized spacial score (nSPS) is 13.7. The van der Waals surface area contributed by atoms with Crippen LogP contribution in [0, 0.1) is 6.92 Å². The van der Waals surface area contributed by atoms with Crippen LogP contribution in [0.2, 0.25) is 0 Å². The summed E-state index contributed by atoms with van der Waals surface area (Å²) >= 11 is 0. The van der Waals surface area contributed by atoms with Gasteiger partial charge in [0, 0.05) is 5.41 Å². The lowest BCUT2D eigenvalue weighted by Gasteiger charge is -2.39. The van der Waals surface area contributed by atoms with Gasteiger partial charge in [-0.2, -0.15) is 0 Å². The summed E-state index contributed by atoms with van der Waals surface area (Å²) in [6.45, 7) is 3.98. The lowest BCUT2D eigenvalue weighted by molar-refractivity contribution is -0.136. The smallest absolute Gasteiger partial charge is 0.336 e. The van der Waals surface area contributed by atoms with Gasteiger partial charge in [-0.05, 0) is 94.4 Å². The number of ether oxygens (including phenoxy) is 5. The fraction of sp³-hybridized carbons (Fsp3) is 0.250. The molecule has 2 aliphatic carbocycles. The summed E-state index contributed by atoms with van der Waals surface area (Å²) in [6, 6.07) is 12.4. The van der Waals surface area contributed by atoms with E-state index in [2.05, 4.69) is 0 Å². The number of carboxylic acids is 2. The molecule has 0 saturated heterocycles. The highest BCUT2D eigenvalue weighted by atomic mass is 16.6. The third-order valence-electron chi connectivity index (χ3n) is 9.09. The maximum absolute atomic E-state index is 13.1. The third-order valence-corrected chi connectivity index (χ3v) is 9.09. The van der Waals surface area contributed by atoms with Crippen LogP contribution in [-0.4, -0.2) is 92.4 Å². The zero-order chi connectivity index (χ0) is 40.6. The van der Waals surface area contributed by atoms with Crippen molar-refractivity contribution >= 4 is 54.1 Å². The minimum atomic E-state index is -1.34. The standard InChI is InChI=1S/C40H38N2O14/c1-24-4-9-33(41(17-37(48)49)18-52-21-43)35(12-24)55-10-11-56-36-16-30(39(50)51)29(15-34(36)42(19-53-22-44)20-54-23-45)38-27-7-5-25(46)13-31(27)40(2,3)32-14-26(47)6-8-28(32)38/h4-9,12-16,21-23,46H,10-11,17-20H2,1-3H3,(H,48,49)(H,50,51). The van der Waals surface area contributed by atoms with E-state index in [0.717, 1.165) is 5.56 Å². The minimum Gasteiger partial charge on any atom is -0.508 e. The maximum atomic E-state index is 13.1. The molecule has 2 aliphatic rings. The SMILES string of the molecule is Cc1ccc(N(COC=O)CC(=O)O)c(OCCOc2cc(C(=O)O)c(C3=C4C=CC(=O)C=C4C(C)(C)c4cc(O)ccc43)cc2N(COC=O)COC=O)c1. The molecule has 3 N–H and O–H groups in total. The minimum absolute atomic E-state index is 0.0344. The summed E-state index contributed by atoms with van der Waals surface area (Å²) in [6.07, 6.45) is 4.46. The number of rotatable bonds is 20. The fourth-order valence-electron chi connectivity index (χ4n) is 6.62. The number of allylic oxidation sites excluding steroid dienone is 5. The Morgan fingerprint density at radius 2 is 1.39 bits per heavy atom. The molecule has 16 nitrogen and oxygen atoms in total. The summed E-state index contributed by atoms with van der Waals surface area (Å²) in [5.74, 6) is -2.62. The molecule has 0 radical (unpaired) electrons. The predicted molar refractivity (Wildman–Crippen MR) is 198 cm³/mol. The molecule has 0 bridgehead atoms. The maximum Gasteiger partial charge on any atom is 0.336 e. The van der Waals surface area contributed by atoms with Crippen molar-refractivity contribution in [1.82, 2.24) is 0 Å². The second-order valence-corrected chi connectivity index (χ2v) is 13.1. The van der Waals surface area contributed by atoms with Crippen molar-refractivity contribution in [2.24, 2.45) is 0 Å². The molecular weight excluding hydrogens is 732 g/mol. The molecule has 0 atom stereocenters. The van der Waals surface area contributed by atoms with E-state index in [9.17, 15) is 44.1 Å². The number of aryl methyl sites for hydroxylation is 1. The lowest BCUT2D eigenvalue weighted by Crippen LogP contribution is -2.32. The summed E-state index contributed by atoms with van der Waals surface area (Å²) < 4.78 is 27.0. The van der Waals surface area contributed by atoms with Crippen molar-refractivity contribution in [1.29, 1.82) is 0 Å². The molecule has 3 aromatic rings. The van der Waals surface area contributed by atoms with Crippen LogP contribution in [0.15, 0.2) is 77.9 Å². The number of phenols is 1. The topological polar surface area (TPSA) is 216 Å². The van der Waals surface area contributed by atoms with E-state index in [-0.39, 0.29) is 79.2 Å². The number of carbonyl (C=O) groups excluding carboxylic acids is 4. The lowest BCUT2D eigenvalue weighted by atomic mass is 9.64. The van der Waals surface area contributed by atoms with Gasteiger partial charge in [0.05, 0.1) is 16.9 Å². The number of aromatic hydroxyl groups is 1. The zero-order valence-electron chi connectivity index (χ0n) is 30.6. The first-order valence-electron chi connectivity index (χ1n) is 17.0. The van der Waals surface area contributed by atoms with Crippen molar-refractivity contribution in [3.8, 4) is 17.2 Å². The van der Waals surface area contributed by atoms with E-state index in [1.807, 2.05) is 13.8 Å². The van der Waals surface area contributed by atoms with Gasteiger partial charge >= 0.3 is 11.9 Å². The Kier molecular flexibility index (Phi) is 12.4. The van der Waals surface area contributed by atoms with Crippen molar-refractivity contribution in [3.05, 3.63) is 106 Å².